The minimum absolute atomic E-state index is 0.00824. The standard InChI is InChI=1S/C40H38N4O10/c1-24(45)52-36-34(43-44-41)39(53-33-23-50-38(54-35(33)36)26-14-6-3-7-15-26)49-22-32(37(46)48-20-25-12-4-2-5-13-25)42-40(47)51-21-31-29-18-10-8-16-27(29)28-17-9-11-19-30(28)31/h2-19,31-36,38-39H,20-23H2,1H3,(H,42,47)/t32-,33+,34+,35-,36+,38?,39-/m0/s1. The van der Waals surface area contributed by atoms with Gasteiger partial charge in [0.2, 0.25) is 0 Å². The number of hydrogen-bond donors (Lipinski definition) is 1. The molecule has 0 aromatic heterocycles. The Morgan fingerprint density at radius 2 is 1.52 bits per heavy atom. The van der Waals surface area contributed by atoms with Gasteiger partial charge in [-0.05, 0) is 33.3 Å². The fraction of sp³-hybridized carbons (Fsp3) is 0.325. The molecule has 1 unspecified atom stereocenters. The largest absolute Gasteiger partial charge is 0.459 e. The number of esters is 2. The lowest BCUT2D eigenvalue weighted by molar-refractivity contribution is -0.342. The van der Waals surface area contributed by atoms with E-state index < -0.39 is 67.6 Å². The molecule has 1 N–H and O–H groups in total. The molecule has 2 fully saturated rings. The van der Waals surface area contributed by atoms with E-state index in [1.807, 2.05) is 97.1 Å². The second-order valence-electron chi connectivity index (χ2n) is 12.9. The number of ether oxygens (including phenoxy) is 7. The number of fused-ring (bicyclic) bond motifs is 4. The summed E-state index contributed by atoms with van der Waals surface area (Å²) in [6.07, 6.45) is -5.88. The van der Waals surface area contributed by atoms with Crippen LogP contribution in [-0.2, 0) is 49.4 Å². The van der Waals surface area contributed by atoms with Crippen molar-refractivity contribution in [2.75, 3.05) is 19.8 Å². The minimum atomic E-state index is -1.38. The van der Waals surface area contributed by atoms with E-state index in [-0.39, 0.29) is 25.7 Å². The summed E-state index contributed by atoms with van der Waals surface area (Å²) in [4.78, 5) is 42.1. The van der Waals surface area contributed by atoms with E-state index in [0.717, 1.165) is 33.4 Å². The van der Waals surface area contributed by atoms with Crippen molar-refractivity contribution in [3.63, 3.8) is 0 Å². The number of azide groups is 1. The van der Waals surface area contributed by atoms with E-state index in [1.165, 1.54) is 6.92 Å². The van der Waals surface area contributed by atoms with Crippen LogP contribution in [0.2, 0.25) is 0 Å². The molecule has 4 aromatic rings. The zero-order valence-electron chi connectivity index (χ0n) is 29.3. The van der Waals surface area contributed by atoms with Crippen LogP contribution in [0.4, 0.5) is 4.79 Å². The highest BCUT2D eigenvalue weighted by molar-refractivity contribution is 5.82. The molecule has 14 nitrogen and oxygen atoms in total. The van der Waals surface area contributed by atoms with Gasteiger partial charge in [-0.15, -0.1) is 0 Å². The quantitative estimate of drug-likeness (QED) is 0.0588. The molecule has 0 bridgehead atoms. The molecule has 7 rings (SSSR count). The zero-order chi connectivity index (χ0) is 37.4. The van der Waals surface area contributed by atoms with Gasteiger partial charge >= 0.3 is 18.0 Å². The van der Waals surface area contributed by atoms with Crippen LogP contribution in [0.25, 0.3) is 21.6 Å². The van der Waals surface area contributed by atoms with Crippen LogP contribution in [0.1, 0.15) is 41.4 Å². The van der Waals surface area contributed by atoms with Crippen LogP contribution >= 0.6 is 0 Å². The van der Waals surface area contributed by atoms with Gasteiger partial charge in [-0.1, -0.05) is 114 Å². The van der Waals surface area contributed by atoms with Crippen molar-refractivity contribution < 1.29 is 47.5 Å². The maximum absolute atomic E-state index is 13.5. The molecule has 4 aromatic carbocycles. The Hall–Kier alpha value is -5.76. The Bertz CT molecular complexity index is 1950. The van der Waals surface area contributed by atoms with Crippen LogP contribution in [0, 0.1) is 0 Å². The summed E-state index contributed by atoms with van der Waals surface area (Å²) < 4.78 is 41.3. The highest BCUT2D eigenvalue weighted by Crippen LogP contribution is 2.44. The van der Waals surface area contributed by atoms with Crippen LogP contribution in [-0.4, -0.2) is 74.5 Å². The third-order valence-corrected chi connectivity index (χ3v) is 9.44. The van der Waals surface area contributed by atoms with Gasteiger partial charge in [-0.3, -0.25) is 4.79 Å². The Balaban J connectivity index is 1.06. The molecule has 1 amide bonds. The molecule has 7 atom stereocenters. The predicted octanol–water partition coefficient (Wildman–Crippen LogP) is 6.10. The second-order valence-corrected chi connectivity index (χ2v) is 12.9. The molecule has 54 heavy (non-hydrogen) atoms. The molecule has 278 valence electrons. The Morgan fingerprint density at radius 1 is 0.870 bits per heavy atom. The molecular formula is C40H38N4O10. The van der Waals surface area contributed by atoms with Crippen molar-refractivity contribution >= 4 is 18.0 Å². The molecular weight excluding hydrogens is 696 g/mol. The number of rotatable bonds is 12. The number of nitrogens with one attached hydrogen (secondary N) is 1. The van der Waals surface area contributed by atoms with Gasteiger partial charge in [-0.2, -0.15) is 0 Å². The fourth-order valence-electron chi connectivity index (χ4n) is 6.96. The molecule has 14 heteroatoms. The average molecular weight is 735 g/mol. The molecule has 2 saturated heterocycles. The Labute approximate surface area is 310 Å². The monoisotopic (exact) mass is 734 g/mol. The average Bonchev–Trinajstić information content (AvgIpc) is 3.52. The number of benzene rings is 4. The molecule has 0 spiro atoms. The normalized spacial score (nSPS) is 23.4. The number of carbonyl (C=O) groups excluding carboxylic acids is 3. The van der Waals surface area contributed by atoms with Crippen LogP contribution in [0.3, 0.4) is 0 Å². The lowest BCUT2D eigenvalue weighted by Crippen LogP contribution is -2.63. The van der Waals surface area contributed by atoms with Crippen LogP contribution < -0.4 is 5.32 Å². The topological polar surface area (TPSA) is 177 Å². The molecule has 0 radical (unpaired) electrons. The second kappa shape index (κ2) is 16.9. The summed E-state index contributed by atoms with van der Waals surface area (Å²) in [5.41, 5.74) is 15.2. The summed E-state index contributed by atoms with van der Waals surface area (Å²) in [5, 5.41) is 6.44. The third-order valence-electron chi connectivity index (χ3n) is 9.44. The van der Waals surface area contributed by atoms with Crippen molar-refractivity contribution in [3.05, 3.63) is 142 Å². The van der Waals surface area contributed by atoms with E-state index in [4.69, 9.17) is 33.2 Å². The van der Waals surface area contributed by atoms with Gasteiger partial charge < -0.3 is 38.5 Å². The maximum Gasteiger partial charge on any atom is 0.407 e. The van der Waals surface area contributed by atoms with Crippen molar-refractivity contribution in [2.45, 2.75) is 62.4 Å². The van der Waals surface area contributed by atoms with E-state index in [9.17, 15) is 19.9 Å². The van der Waals surface area contributed by atoms with Gasteiger partial charge in [0.05, 0.1) is 13.2 Å². The van der Waals surface area contributed by atoms with Crippen LogP contribution in [0.5, 0.6) is 0 Å². The molecule has 1 aliphatic carbocycles. The lowest BCUT2D eigenvalue weighted by Gasteiger charge is -2.47. The minimum Gasteiger partial charge on any atom is -0.459 e. The van der Waals surface area contributed by atoms with E-state index in [1.54, 1.807) is 12.1 Å². The first kappa shape index (κ1) is 36.6. The molecule has 2 heterocycles. The summed E-state index contributed by atoms with van der Waals surface area (Å²) >= 11 is 0. The molecule has 3 aliphatic rings. The van der Waals surface area contributed by atoms with Crippen molar-refractivity contribution in [1.29, 1.82) is 0 Å². The van der Waals surface area contributed by atoms with Crippen LogP contribution in [0.15, 0.2) is 114 Å². The molecule has 2 aliphatic heterocycles. The zero-order valence-corrected chi connectivity index (χ0v) is 29.3. The summed E-state index contributed by atoms with van der Waals surface area (Å²) in [5.74, 6) is -1.67. The van der Waals surface area contributed by atoms with Gasteiger partial charge in [0.25, 0.3) is 0 Å². The SMILES string of the molecule is CC(=O)O[C@@H]1[C@@H](N=[N+]=[N-])[C@@H](OC[C@H](NC(=O)OCC2c3ccccc3-c3ccccc32)C(=O)OCc2ccccc2)O[C@@H]2COC(c3ccccc3)O[C@H]12. The smallest absolute Gasteiger partial charge is 0.407 e. The maximum atomic E-state index is 13.5. The van der Waals surface area contributed by atoms with Crippen molar-refractivity contribution in [3.8, 4) is 11.1 Å². The number of hydrogen-bond acceptors (Lipinski definition) is 11. The summed E-state index contributed by atoms with van der Waals surface area (Å²) in [6.45, 7) is 0.691. The van der Waals surface area contributed by atoms with Gasteiger partial charge in [0.1, 0.15) is 37.6 Å². The summed E-state index contributed by atoms with van der Waals surface area (Å²) in [6, 6.07) is 31.4. The lowest BCUT2D eigenvalue weighted by atomic mass is 9.96. The highest BCUT2D eigenvalue weighted by Gasteiger charge is 2.52. The van der Waals surface area contributed by atoms with Crippen molar-refractivity contribution in [2.24, 2.45) is 5.11 Å². The number of carbonyl (C=O) groups is 3. The number of alkyl carbamates (subject to hydrolysis) is 1. The van der Waals surface area contributed by atoms with Crippen molar-refractivity contribution in [1.82, 2.24) is 5.32 Å². The van der Waals surface area contributed by atoms with E-state index in [2.05, 4.69) is 15.3 Å². The number of nitrogens with zero attached hydrogens (tertiary/aromatic N) is 3. The summed E-state index contributed by atoms with van der Waals surface area (Å²) in [7, 11) is 0. The first-order valence-electron chi connectivity index (χ1n) is 17.5. The van der Waals surface area contributed by atoms with Gasteiger partial charge in [0.15, 0.2) is 18.6 Å². The Morgan fingerprint density at radius 3 is 2.19 bits per heavy atom. The predicted molar refractivity (Wildman–Crippen MR) is 191 cm³/mol. The first-order chi connectivity index (χ1) is 26.4. The Kier molecular flexibility index (Phi) is 11.5. The third kappa shape index (κ3) is 8.23. The number of amides is 1. The fourth-order valence-corrected chi connectivity index (χ4v) is 6.96. The van der Waals surface area contributed by atoms with E-state index >= 15 is 0 Å². The molecule has 0 saturated carbocycles. The van der Waals surface area contributed by atoms with E-state index in [0.29, 0.717) is 0 Å². The first-order valence-corrected chi connectivity index (χ1v) is 17.5. The van der Waals surface area contributed by atoms with Gasteiger partial charge in [-0.25, -0.2) is 9.59 Å². The van der Waals surface area contributed by atoms with Gasteiger partial charge in [0, 0.05) is 23.3 Å². The highest BCUT2D eigenvalue weighted by atomic mass is 16.8.